The van der Waals surface area contributed by atoms with Crippen LogP contribution < -0.4 is 10.6 Å². The number of halogens is 2. The van der Waals surface area contributed by atoms with E-state index in [-0.39, 0.29) is 11.7 Å². The maximum absolute atomic E-state index is 13.8. The van der Waals surface area contributed by atoms with Crippen molar-refractivity contribution in [1.29, 1.82) is 0 Å². The molecule has 192 valence electrons. The van der Waals surface area contributed by atoms with Gasteiger partial charge < -0.3 is 20.5 Å². The monoisotopic (exact) mass is 536 g/mol. The third kappa shape index (κ3) is 6.79. The van der Waals surface area contributed by atoms with Gasteiger partial charge in [-0.25, -0.2) is 0 Å². The number of H-pyrrole nitrogens is 1. The van der Waals surface area contributed by atoms with Crippen LogP contribution in [0.25, 0.3) is 10.9 Å². The molecule has 4 rings (SSSR count). The van der Waals surface area contributed by atoms with Gasteiger partial charge >= 0.3 is 0 Å². The minimum Gasteiger partial charge on any atom is -0.360 e. The van der Waals surface area contributed by atoms with Crippen molar-refractivity contribution in [2.75, 3.05) is 33.7 Å². The Labute approximate surface area is 227 Å². The van der Waals surface area contributed by atoms with Gasteiger partial charge in [0.15, 0.2) is 5.78 Å². The molecule has 3 N–H and O–H groups in total. The lowest BCUT2D eigenvalue weighted by Gasteiger charge is -2.18. The molecule has 0 aliphatic rings. The normalized spacial score (nSPS) is 12.1. The zero-order valence-electron chi connectivity index (χ0n) is 20.9. The number of fused-ring (bicyclic) bond motifs is 1. The highest BCUT2D eigenvalue weighted by molar-refractivity contribution is 6.35. The van der Waals surface area contributed by atoms with Crippen LogP contribution in [0, 0.1) is 0 Å². The number of carbonyl (C=O) groups is 2. The fourth-order valence-corrected chi connectivity index (χ4v) is 4.71. The van der Waals surface area contributed by atoms with Crippen LogP contribution in [0.1, 0.15) is 37.9 Å². The van der Waals surface area contributed by atoms with E-state index in [1.54, 1.807) is 24.4 Å². The van der Waals surface area contributed by atoms with Crippen molar-refractivity contribution in [3.8, 4) is 0 Å². The lowest BCUT2D eigenvalue weighted by Crippen LogP contribution is -2.31. The van der Waals surface area contributed by atoms with Crippen molar-refractivity contribution in [2.45, 2.75) is 12.5 Å². The molecule has 0 fully saturated rings. The van der Waals surface area contributed by atoms with Crippen LogP contribution in [-0.4, -0.2) is 55.3 Å². The standard InChI is InChI=1S/C29H30Cl2N4O2/c1-35(2)15-14-33-29(37)21-9-11-23-24(18-34-26(23)16-21)28(36)27(20-6-4-3-5-7-20)32-13-12-19-8-10-22(30)17-25(19)31/h3-11,16-18,27,32,34H,12-15H2,1-2H3,(H,33,37)/t27-/m0/s1. The average molecular weight is 537 g/mol. The van der Waals surface area contributed by atoms with Gasteiger partial charge in [-0.1, -0.05) is 65.7 Å². The number of benzene rings is 3. The van der Waals surface area contributed by atoms with Crippen molar-refractivity contribution >= 4 is 45.8 Å². The number of amides is 1. The molecule has 1 aromatic heterocycles. The highest BCUT2D eigenvalue weighted by Gasteiger charge is 2.24. The number of nitrogens with one attached hydrogen (secondary N) is 3. The molecule has 3 aromatic carbocycles. The highest BCUT2D eigenvalue weighted by Crippen LogP contribution is 2.26. The largest absolute Gasteiger partial charge is 0.360 e. The third-order valence-electron chi connectivity index (χ3n) is 6.21. The van der Waals surface area contributed by atoms with Crippen LogP contribution in [0.15, 0.2) is 72.9 Å². The summed E-state index contributed by atoms with van der Waals surface area (Å²) in [4.78, 5) is 31.5. The first-order valence-corrected chi connectivity index (χ1v) is 12.9. The molecule has 1 heterocycles. The molecule has 6 nitrogen and oxygen atoms in total. The summed E-state index contributed by atoms with van der Waals surface area (Å²) in [7, 11) is 3.92. The summed E-state index contributed by atoms with van der Waals surface area (Å²) in [6, 6.07) is 19.9. The highest BCUT2D eigenvalue weighted by atomic mass is 35.5. The Morgan fingerprint density at radius 3 is 2.49 bits per heavy atom. The Bertz CT molecular complexity index is 1390. The molecule has 0 aliphatic carbocycles. The molecule has 4 aromatic rings. The minimum atomic E-state index is -0.541. The fourth-order valence-electron chi connectivity index (χ4n) is 4.20. The maximum atomic E-state index is 13.8. The average Bonchev–Trinajstić information content (AvgIpc) is 3.31. The Kier molecular flexibility index (Phi) is 9.00. The molecule has 8 heteroatoms. The Balaban J connectivity index is 1.53. The molecule has 37 heavy (non-hydrogen) atoms. The van der Waals surface area contributed by atoms with Gasteiger partial charge in [0.05, 0.1) is 6.04 Å². The van der Waals surface area contributed by atoms with E-state index in [1.807, 2.05) is 67.5 Å². The molecule has 1 atom stereocenters. The Hall–Kier alpha value is -3.16. The van der Waals surface area contributed by atoms with E-state index in [2.05, 4.69) is 15.6 Å². The van der Waals surface area contributed by atoms with Crippen molar-refractivity contribution < 1.29 is 9.59 Å². The lowest BCUT2D eigenvalue weighted by molar-refractivity contribution is 0.0940. The predicted octanol–water partition coefficient (Wildman–Crippen LogP) is 5.52. The number of aromatic amines is 1. The number of Topliss-reactive ketones (excluding diaryl/α,β-unsaturated/α-hetero) is 1. The third-order valence-corrected chi connectivity index (χ3v) is 6.79. The zero-order valence-corrected chi connectivity index (χ0v) is 22.4. The molecule has 1 amide bonds. The number of aromatic nitrogens is 1. The van der Waals surface area contributed by atoms with Gasteiger partial charge in [0.25, 0.3) is 5.91 Å². The molecule has 0 unspecified atom stereocenters. The maximum Gasteiger partial charge on any atom is 0.251 e. The second-order valence-electron chi connectivity index (χ2n) is 9.17. The first-order valence-electron chi connectivity index (χ1n) is 12.1. The van der Waals surface area contributed by atoms with Crippen molar-refractivity contribution in [2.24, 2.45) is 0 Å². The first kappa shape index (κ1) is 26.9. The molecule has 0 bridgehead atoms. The first-order chi connectivity index (χ1) is 17.8. The fraction of sp³-hybridized carbons (Fsp3) is 0.241. The number of nitrogens with zero attached hydrogens (tertiary/aromatic N) is 1. The van der Waals surface area contributed by atoms with Crippen molar-refractivity contribution in [1.82, 2.24) is 20.5 Å². The van der Waals surface area contributed by atoms with Crippen LogP contribution in [0.3, 0.4) is 0 Å². The summed E-state index contributed by atoms with van der Waals surface area (Å²) in [5, 5.41) is 8.31. The van der Waals surface area contributed by atoms with E-state index >= 15 is 0 Å². The second kappa shape index (κ2) is 12.4. The second-order valence-corrected chi connectivity index (χ2v) is 10.0. The molecule has 0 radical (unpaired) electrons. The van der Waals surface area contributed by atoms with E-state index in [0.717, 1.165) is 28.6 Å². The van der Waals surface area contributed by atoms with Crippen molar-refractivity contribution in [3.05, 3.63) is 105 Å². The van der Waals surface area contributed by atoms with E-state index in [4.69, 9.17) is 23.2 Å². The molecular formula is C29H30Cl2N4O2. The van der Waals surface area contributed by atoms with Gasteiger partial charge in [-0.2, -0.15) is 0 Å². The summed E-state index contributed by atoms with van der Waals surface area (Å²) in [6.45, 7) is 1.86. The van der Waals surface area contributed by atoms with Gasteiger partial charge in [0.2, 0.25) is 0 Å². The lowest BCUT2D eigenvalue weighted by atomic mass is 9.96. The predicted molar refractivity (Wildman–Crippen MR) is 151 cm³/mol. The number of hydrogen-bond acceptors (Lipinski definition) is 4. The van der Waals surface area contributed by atoms with Gasteiger partial charge in [-0.05, 0) is 55.9 Å². The van der Waals surface area contributed by atoms with Crippen LogP contribution in [0.4, 0.5) is 0 Å². The van der Waals surface area contributed by atoms with E-state index in [0.29, 0.717) is 40.7 Å². The number of carbonyl (C=O) groups excluding carboxylic acids is 2. The van der Waals surface area contributed by atoms with E-state index < -0.39 is 6.04 Å². The Morgan fingerprint density at radius 2 is 1.76 bits per heavy atom. The molecule has 0 saturated carbocycles. The van der Waals surface area contributed by atoms with Gasteiger partial charge in [0.1, 0.15) is 0 Å². The number of ketones is 1. The summed E-state index contributed by atoms with van der Waals surface area (Å²) in [6.07, 6.45) is 2.36. The van der Waals surface area contributed by atoms with Gasteiger partial charge in [-0.15, -0.1) is 0 Å². The van der Waals surface area contributed by atoms with Crippen LogP contribution >= 0.6 is 23.2 Å². The SMILES string of the molecule is CN(C)CCNC(=O)c1ccc2c(C(=O)[C@@H](NCCc3ccc(Cl)cc3Cl)c3ccccc3)c[nH]c2c1. The summed E-state index contributed by atoms with van der Waals surface area (Å²) < 4.78 is 0. The van der Waals surface area contributed by atoms with Crippen LogP contribution in [0.2, 0.25) is 10.0 Å². The summed E-state index contributed by atoms with van der Waals surface area (Å²) in [5.74, 6) is -0.196. The van der Waals surface area contributed by atoms with Crippen molar-refractivity contribution in [3.63, 3.8) is 0 Å². The molecule has 0 spiro atoms. The van der Waals surface area contributed by atoms with E-state index in [9.17, 15) is 9.59 Å². The van der Waals surface area contributed by atoms with E-state index in [1.165, 1.54) is 0 Å². The molecular weight excluding hydrogens is 507 g/mol. The van der Waals surface area contributed by atoms with Crippen LogP contribution in [0.5, 0.6) is 0 Å². The molecule has 0 aliphatic heterocycles. The quantitative estimate of drug-likeness (QED) is 0.220. The van der Waals surface area contributed by atoms with Crippen LogP contribution in [-0.2, 0) is 6.42 Å². The number of hydrogen-bond donors (Lipinski definition) is 3. The number of rotatable bonds is 11. The zero-order chi connectivity index (χ0) is 26.4. The van der Waals surface area contributed by atoms with Gasteiger partial charge in [0, 0.05) is 57.9 Å². The minimum absolute atomic E-state index is 0.0529. The smallest absolute Gasteiger partial charge is 0.251 e. The summed E-state index contributed by atoms with van der Waals surface area (Å²) in [5.41, 5.74) is 3.69. The number of likely N-dealkylation sites (N-methyl/N-ethyl adjacent to an activating group) is 1. The van der Waals surface area contributed by atoms with Gasteiger partial charge in [-0.3, -0.25) is 9.59 Å². The molecule has 0 saturated heterocycles. The summed E-state index contributed by atoms with van der Waals surface area (Å²) >= 11 is 12.4. The Morgan fingerprint density at radius 1 is 0.973 bits per heavy atom. The topological polar surface area (TPSA) is 77.2 Å².